The van der Waals surface area contributed by atoms with Gasteiger partial charge in [0.05, 0.1) is 5.41 Å². The number of nitrogens with zero attached hydrogens (tertiary/aromatic N) is 1. The summed E-state index contributed by atoms with van der Waals surface area (Å²) in [5.41, 5.74) is 5.44. The minimum Gasteiger partial charge on any atom is -0.381 e. The average molecular weight is 269 g/mol. The van der Waals surface area contributed by atoms with Crippen molar-refractivity contribution in [2.24, 2.45) is 11.1 Å². The van der Waals surface area contributed by atoms with E-state index in [0.717, 1.165) is 32.5 Å². The highest BCUT2D eigenvalue weighted by molar-refractivity contribution is 5.83. The second-order valence-electron chi connectivity index (χ2n) is 5.90. The molecular formula is C14H27N3O2. The van der Waals surface area contributed by atoms with Gasteiger partial charge in [0.2, 0.25) is 5.91 Å². The standard InChI is InChI=1S/C14H27N3O2/c1-12(17-6-2-3-7-17)10-16-13(18)14(11-15)4-8-19-9-5-14/h12H,2-11,15H2,1H3,(H,16,18). The van der Waals surface area contributed by atoms with Gasteiger partial charge >= 0.3 is 0 Å². The SMILES string of the molecule is CC(CNC(=O)C1(CN)CCOCC1)N1CCCC1. The molecule has 2 aliphatic rings. The Balaban J connectivity index is 1.81. The first kappa shape index (κ1) is 14.8. The van der Waals surface area contributed by atoms with Crippen molar-refractivity contribution in [3.8, 4) is 0 Å². The lowest BCUT2D eigenvalue weighted by Gasteiger charge is -2.35. The molecule has 0 aliphatic carbocycles. The number of hydrogen-bond acceptors (Lipinski definition) is 4. The molecular weight excluding hydrogens is 242 g/mol. The molecule has 2 aliphatic heterocycles. The second kappa shape index (κ2) is 6.68. The van der Waals surface area contributed by atoms with Gasteiger partial charge < -0.3 is 15.8 Å². The zero-order valence-electron chi connectivity index (χ0n) is 12.0. The Morgan fingerprint density at radius 2 is 2.00 bits per heavy atom. The Morgan fingerprint density at radius 3 is 2.58 bits per heavy atom. The fourth-order valence-electron chi connectivity index (χ4n) is 3.03. The minimum absolute atomic E-state index is 0.115. The van der Waals surface area contributed by atoms with Crippen molar-refractivity contribution in [3.63, 3.8) is 0 Å². The Bertz CT molecular complexity index is 297. The molecule has 0 saturated carbocycles. The van der Waals surface area contributed by atoms with Crippen LogP contribution in [0.15, 0.2) is 0 Å². The highest BCUT2D eigenvalue weighted by atomic mass is 16.5. The summed E-state index contributed by atoms with van der Waals surface area (Å²) in [7, 11) is 0. The quantitative estimate of drug-likeness (QED) is 0.755. The number of hydrogen-bond donors (Lipinski definition) is 2. The van der Waals surface area contributed by atoms with E-state index in [-0.39, 0.29) is 5.91 Å². The Morgan fingerprint density at radius 1 is 1.37 bits per heavy atom. The van der Waals surface area contributed by atoms with Gasteiger partial charge in [-0.2, -0.15) is 0 Å². The Kier molecular flexibility index (Phi) is 5.19. The molecule has 2 saturated heterocycles. The van der Waals surface area contributed by atoms with Crippen LogP contribution in [-0.2, 0) is 9.53 Å². The molecule has 1 atom stereocenters. The van der Waals surface area contributed by atoms with Gasteiger partial charge in [0.1, 0.15) is 0 Å². The fourth-order valence-corrected chi connectivity index (χ4v) is 3.03. The van der Waals surface area contributed by atoms with Crippen LogP contribution in [-0.4, -0.2) is 56.2 Å². The van der Waals surface area contributed by atoms with Crippen LogP contribution < -0.4 is 11.1 Å². The van der Waals surface area contributed by atoms with E-state index in [4.69, 9.17) is 10.5 Å². The van der Waals surface area contributed by atoms with Crippen molar-refractivity contribution in [1.29, 1.82) is 0 Å². The third-order valence-electron chi connectivity index (χ3n) is 4.64. The summed E-state index contributed by atoms with van der Waals surface area (Å²) in [5.74, 6) is 0.115. The number of amides is 1. The van der Waals surface area contributed by atoms with E-state index in [1.807, 2.05) is 0 Å². The van der Waals surface area contributed by atoms with E-state index >= 15 is 0 Å². The van der Waals surface area contributed by atoms with Gasteiger partial charge in [0.15, 0.2) is 0 Å². The third-order valence-corrected chi connectivity index (χ3v) is 4.64. The summed E-state index contributed by atoms with van der Waals surface area (Å²) in [5, 5.41) is 3.10. The molecule has 1 amide bonds. The molecule has 110 valence electrons. The van der Waals surface area contributed by atoms with E-state index in [9.17, 15) is 4.79 Å². The number of rotatable bonds is 5. The Labute approximate surface area is 115 Å². The molecule has 0 radical (unpaired) electrons. The van der Waals surface area contributed by atoms with Crippen LogP contribution in [0.5, 0.6) is 0 Å². The summed E-state index contributed by atoms with van der Waals surface area (Å²) in [6, 6.07) is 0.418. The highest BCUT2D eigenvalue weighted by Gasteiger charge is 2.38. The number of nitrogens with one attached hydrogen (secondary N) is 1. The maximum absolute atomic E-state index is 12.4. The topological polar surface area (TPSA) is 67.6 Å². The van der Waals surface area contributed by atoms with Crippen LogP contribution in [0.3, 0.4) is 0 Å². The van der Waals surface area contributed by atoms with E-state index in [1.54, 1.807) is 0 Å². The molecule has 2 heterocycles. The average Bonchev–Trinajstić information content (AvgIpc) is 2.99. The zero-order chi connectivity index (χ0) is 13.7. The summed E-state index contributed by atoms with van der Waals surface area (Å²) in [6.07, 6.45) is 4.05. The minimum atomic E-state index is -0.400. The predicted molar refractivity (Wildman–Crippen MR) is 74.8 cm³/mol. The predicted octanol–water partition coefficient (Wildman–Crippen LogP) is 0.342. The number of nitrogens with two attached hydrogens (primary N) is 1. The maximum Gasteiger partial charge on any atom is 0.227 e. The van der Waals surface area contributed by atoms with Crippen molar-refractivity contribution in [2.75, 3.05) is 39.4 Å². The molecule has 0 aromatic rings. The van der Waals surface area contributed by atoms with Gasteiger partial charge in [-0.1, -0.05) is 0 Å². The van der Waals surface area contributed by atoms with Gasteiger partial charge in [-0.25, -0.2) is 0 Å². The van der Waals surface area contributed by atoms with Crippen LogP contribution in [0.4, 0.5) is 0 Å². The fraction of sp³-hybridized carbons (Fsp3) is 0.929. The van der Waals surface area contributed by atoms with Gasteiger partial charge in [-0.3, -0.25) is 9.69 Å². The first-order valence-electron chi connectivity index (χ1n) is 7.48. The first-order chi connectivity index (χ1) is 9.18. The van der Waals surface area contributed by atoms with Gasteiger partial charge in [-0.05, 0) is 45.7 Å². The summed E-state index contributed by atoms with van der Waals surface area (Å²) < 4.78 is 5.34. The van der Waals surface area contributed by atoms with E-state index < -0.39 is 5.41 Å². The van der Waals surface area contributed by atoms with Gasteiger partial charge in [0.25, 0.3) is 0 Å². The van der Waals surface area contributed by atoms with Crippen LogP contribution >= 0.6 is 0 Å². The maximum atomic E-state index is 12.4. The summed E-state index contributed by atoms with van der Waals surface area (Å²) in [6.45, 7) is 6.94. The highest BCUT2D eigenvalue weighted by Crippen LogP contribution is 2.29. The molecule has 0 aromatic carbocycles. The second-order valence-corrected chi connectivity index (χ2v) is 5.90. The van der Waals surface area contributed by atoms with Crippen molar-refractivity contribution in [2.45, 2.75) is 38.6 Å². The van der Waals surface area contributed by atoms with E-state index in [2.05, 4.69) is 17.1 Å². The molecule has 19 heavy (non-hydrogen) atoms. The smallest absolute Gasteiger partial charge is 0.227 e. The zero-order valence-corrected chi connectivity index (χ0v) is 12.0. The summed E-state index contributed by atoms with van der Waals surface area (Å²) in [4.78, 5) is 14.8. The monoisotopic (exact) mass is 269 g/mol. The van der Waals surface area contributed by atoms with E-state index in [1.165, 1.54) is 12.8 Å². The van der Waals surface area contributed by atoms with Gasteiger partial charge in [-0.15, -0.1) is 0 Å². The normalized spacial score (nSPS) is 25.2. The van der Waals surface area contributed by atoms with Crippen molar-refractivity contribution in [3.05, 3.63) is 0 Å². The van der Waals surface area contributed by atoms with Crippen LogP contribution in [0.2, 0.25) is 0 Å². The molecule has 1 unspecified atom stereocenters. The van der Waals surface area contributed by atoms with Crippen molar-refractivity contribution in [1.82, 2.24) is 10.2 Å². The lowest BCUT2D eigenvalue weighted by molar-refractivity contribution is -0.136. The summed E-state index contributed by atoms with van der Waals surface area (Å²) >= 11 is 0. The third kappa shape index (κ3) is 3.46. The number of ether oxygens (including phenoxy) is 1. The number of carbonyl (C=O) groups is 1. The van der Waals surface area contributed by atoms with Crippen LogP contribution in [0.1, 0.15) is 32.6 Å². The van der Waals surface area contributed by atoms with Crippen molar-refractivity contribution >= 4 is 5.91 Å². The molecule has 0 bridgehead atoms. The van der Waals surface area contributed by atoms with Gasteiger partial charge in [0, 0.05) is 32.3 Å². The number of likely N-dealkylation sites (tertiary alicyclic amines) is 1. The van der Waals surface area contributed by atoms with Crippen LogP contribution in [0, 0.1) is 5.41 Å². The molecule has 2 rings (SSSR count). The molecule has 0 spiro atoms. The molecule has 5 heteroatoms. The van der Waals surface area contributed by atoms with Crippen LogP contribution in [0.25, 0.3) is 0 Å². The number of carbonyl (C=O) groups excluding carboxylic acids is 1. The Hall–Kier alpha value is -0.650. The molecule has 2 fully saturated rings. The molecule has 0 aromatic heterocycles. The molecule has 5 nitrogen and oxygen atoms in total. The lowest BCUT2D eigenvalue weighted by Crippen LogP contribution is -2.51. The van der Waals surface area contributed by atoms with Crippen molar-refractivity contribution < 1.29 is 9.53 Å². The largest absolute Gasteiger partial charge is 0.381 e. The lowest BCUT2D eigenvalue weighted by atomic mass is 9.79. The first-order valence-corrected chi connectivity index (χ1v) is 7.48. The molecule has 3 N–H and O–H groups in total. The van der Waals surface area contributed by atoms with E-state index in [0.29, 0.717) is 25.8 Å².